The van der Waals surface area contributed by atoms with Crippen LogP contribution in [0.2, 0.25) is 0 Å². The van der Waals surface area contributed by atoms with Crippen molar-refractivity contribution < 1.29 is 9.32 Å². The molecule has 130 valence electrons. The molecule has 0 saturated carbocycles. The van der Waals surface area contributed by atoms with Crippen molar-refractivity contribution in [1.29, 1.82) is 0 Å². The van der Waals surface area contributed by atoms with Gasteiger partial charge in [0.15, 0.2) is 5.82 Å². The second-order valence-corrected chi connectivity index (χ2v) is 6.64. The maximum Gasteiger partial charge on any atom is 0.255 e. The largest absolute Gasteiger partial charge is 0.338 e. The summed E-state index contributed by atoms with van der Waals surface area (Å²) in [7, 11) is 0. The number of halogens is 1. The molecule has 2 aromatic rings. The SMILES string of the molecule is Cc1noc(CSc2ccccc2C(=O)N2CCNC(C)C2)n1.Cl. The van der Waals surface area contributed by atoms with Crippen LogP contribution in [0.4, 0.5) is 0 Å². The number of nitrogens with zero attached hydrogens (tertiary/aromatic N) is 3. The van der Waals surface area contributed by atoms with Crippen LogP contribution in [0.15, 0.2) is 33.7 Å². The van der Waals surface area contributed by atoms with E-state index in [4.69, 9.17) is 4.52 Å². The third-order valence-corrected chi connectivity index (χ3v) is 4.75. The summed E-state index contributed by atoms with van der Waals surface area (Å²) in [6.45, 7) is 6.20. The van der Waals surface area contributed by atoms with Gasteiger partial charge in [0.1, 0.15) is 0 Å². The van der Waals surface area contributed by atoms with Crippen molar-refractivity contribution in [3.8, 4) is 0 Å². The van der Waals surface area contributed by atoms with E-state index in [9.17, 15) is 4.79 Å². The molecule has 6 nitrogen and oxygen atoms in total. The molecule has 0 radical (unpaired) electrons. The molecule has 1 N–H and O–H groups in total. The Morgan fingerprint density at radius 1 is 1.46 bits per heavy atom. The minimum absolute atomic E-state index is 0. The van der Waals surface area contributed by atoms with Gasteiger partial charge in [-0.1, -0.05) is 17.3 Å². The highest BCUT2D eigenvalue weighted by atomic mass is 35.5. The van der Waals surface area contributed by atoms with Gasteiger partial charge in [-0.25, -0.2) is 0 Å². The quantitative estimate of drug-likeness (QED) is 0.836. The number of carbonyl (C=O) groups excluding carboxylic acids is 1. The summed E-state index contributed by atoms with van der Waals surface area (Å²) >= 11 is 1.55. The number of thioether (sulfide) groups is 1. The van der Waals surface area contributed by atoms with Gasteiger partial charge in [-0.05, 0) is 26.0 Å². The van der Waals surface area contributed by atoms with Gasteiger partial charge in [0.05, 0.1) is 11.3 Å². The summed E-state index contributed by atoms with van der Waals surface area (Å²) < 4.78 is 5.13. The first-order valence-electron chi connectivity index (χ1n) is 7.67. The van der Waals surface area contributed by atoms with Crippen molar-refractivity contribution in [3.63, 3.8) is 0 Å². The van der Waals surface area contributed by atoms with E-state index in [-0.39, 0.29) is 18.3 Å². The highest BCUT2D eigenvalue weighted by Crippen LogP contribution is 2.27. The number of amides is 1. The minimum Gasteiger partial charge on any atom is -0.338 e. The van der Waals surface area contributed by atoms with Gasteiger partial charge in [-0.3, -0.25) is 4.79 Å². The molecule has 0 spiro atoms. The lowest BCUT2D eigenvalue weighted by Gasteiger charge is -2.32. The van der Waals surface area contributed by atoms with Gasteiger partial charge >= 0.3 is 0 Å². The summed E-state index contributed by atoms with van der Waals surface area (Å²) in [5.74, 6) is 1.84. The van der Waals surface area contributed by atoms with E-state index in [1.807, 2.05) is 29.2 Å². The standard InChI is InChI=1S/C16H20N4O2S.ClH/c1-11-9-20(8-7-17-11)16(21)13-5-3-4-6-14(13)23-10-15-18-12(2)19-22-15;/h3-6,11,17H,7-10H2,1-2H3;1H. The van der Waals surface area contributed by atoms with Gasteiger partial charge in [0.2, 0.25) is 5.89 Å². The Labute approximate surface area is 151 Å². The Bertz CT molecular complexity index is 694. The van der Waals surface area contributed by atoms with Gasteiger partial charge in [-0.15, -0.1) is 24.2 Å². The first-order chi connectivity index (χ1) is 11.1. The molecule has 1 saturated heterocycles. The van der Waals surface area contributed by atoms with Crippen LogP contribution in [0, 0.1) is 6.92 Å². The predicted molar refractivity (Wildman–Crippen MR) is 95.7 cm³/mol. The Hall–Kier alpha value is -1.57. The van der Waals surface area contributed by atoms with E-state index < -0.39 is 0 Å². The number of hydrogen-bond acceptors (Lipinski definition) is 6. The molecule has 1 unspecified atom stereocenters. The van der Waals surface area contributed by atoms with Crippen LogP contribution in [-0.2, 0) is 5.75 Å². The Morgan fingerprint density at radius 3 is 2.96 bits per heavy atom. The summed E-state index contributed by atoms with van der Waals surface area (Å²) in [5.41, 5.74) is 0.739. The molecule has 0 aliphatic carbocycles. The van der Waals surface area contributed by atoms with Gasteiger partial charge in [-0.2, -0.15) is 4.98 Å². The summed E-state index contributed by atoms with van der Waals surface area (Å²) in [6.07, 6.45) is 0. The van der Waals surface area contributed by atoms with Crippen LogP contribution >= 0.6 is 24.2 Å². The molecular weight excluding hydrogens is 348 g/mol. The zero-order valence-electron chi connectivity index (χ0n) is 13.7. The molecule has 1 aromatic carbocycles. The molecular formula is C16H21ClN4O2S. The number of nitrogens with one attached hydrogen (secondary N) is 1. The van der Waals surface area contributed by atoms with Gasteiger partial charge < -0.3 is 14.7 Å². The first-order valence-corrected chi connectivity index (χ1v) is 8.65. The number of aromatic nitrogens is 2. The van der Waals surface area contributed by atoms with Crippen molar-refractivity contribution in [2.75, 3.05) is 19.6 Å². The van der Waals surface area contributed by atoms with Crippen LogP contribution in [0.3, 0.4) is 0 Å². The van der Waals surface area contributed by atoms with Crippen LogP contribution in [0.1, 0.15) is 29.0 Å². The maximum atomic E-state index is 12.8. The number of aryl methyl sites for hydroxylation is 1. The topological polar surface area (TPSA) is 71.3 Å². The van der Waals surface area contributed by atoms with Crippen molar-refractivity contribution in [1.82, 2.24) is 20.4 Å². The van der Waals surface area contributed by atoms with Crippen molar-refractivity contribution >= 4 is 30.1 Å². The summed E-state index contributed by atoms with van der Waals surface area (Å²) in [4.78, 5) is 19.9. The number of carbonyl (C=O) groups is 1. The van der Waals surface area contributed by atoms with E-state index in [1.165, 1.54) is 0 Å². The fourth-order valence-electron chi connectivity index (χ4n) is 2.59. The van der Waals surface area contributed by atoms with Crippen molar-refractivity contribution in [2.45, 2.75) is 30.5 Å². The molecule has 1 atom stereocenters. The Morgan fingerprint density at radius 2 is 2.25 bits per heavy atom. The summed E-state index contributed by atoms with van der Waals surface area (Å²) in [5, 5.41) is 7.14. The molecule has 0 bridgehead atoms. The number of rotatable bonds is 4. The molecule has 24 heavy (non-hydrogen) atoms. The molecule has 8 heteroatoms. The number of piperazine rings is 1. The molecule has 2 heterocycles. The maximum absolute atomic E-state index is 12.8. The smallest absolute Gasteiger partial charge is 0.255 e. The summed E-state index contributed by atoms with van der Waals surface area (Å²) in [6, 6.07) is 8.02. The fraction of sp³-hybridized carbons (Fsp3) is 0.438. The van der Waals surface area contributed by atoms with Crippen LogP contribution in [0.5, 0.6) is 0 Å². The van der Waals surface area contributed by atoms with Crippen LogP contribution in [-0.4, -0.2) is 46.6 Å². The predicted octanol–water partition coefficient (Wildman–Crippen LogP) is 2.53. The minimum atomic E-state index is 0. The first kappa shape index (κ1) is 18.8. The Kier molecular flexibility index (Phi) is 6.65. The molecule has 1 aliphatic rings. The Balaban J connectivity index is 0.00000208. The van der Waals surface area contributed by atoms with Gasteiger partial charge in [0.25, 0.3) is 5.91 Å². The molecule has 1 aliphatic heterocycles. The highest BCUT2D eigenvalue weighted by Gasteiger charge is 2.23. The van der Waals surface area contributed by atoms with E-state index in [0.717, 1.165) is 30.1 Å². The third kappa shape index (κ3) is 4.49. The fourth-order valence-corrected chi connectivity index (χ4v) is 3.48. The van der Waals surface area contributed by atoms with Crippen LogP contribution < -0.4 is 5.32 Å². The van der Waals surface area contributed by atoms with Gasteiger partial charge in [0, 0.05) is 30.6 Å². The lowest BCUT2D eigenvalue weighted by molar-refractivity contribution is 0.0705. The van der Waals surface area contributed by atoms with E-state index >= 15 is 0 Å². The molecule has 1 fully saturated rings. The van der Waals surface area contributed by atoms with Crippen molar-refractivity contribution in [2.24, 2.45) is 0 Å². The zero-order valence-corrected chi connectivity index (χ0v) is 15.3. The monoisotopic (exact) mass is 368 g/mol. The van der Waals surface area contributed by atoms with E-state index in [0.29, 0.717) is 23.5 Å². The lowest BCUT2D eigenvalue weighted by atomic mass is 10.1. The van der Waals surface area contributed by atoms with E-state index in [1.54, 1.807) is 18.7 Å². The molecule has 1 aromatic heterocycles. The third-order valence-electron chi connectivity index (χ3n) is 3.69. The average molecular weight is 369 g/mol. The van der Waals surface area contributed by atoms with Crippen molar-refractivity contribution in [3.05, 3.63) is 41.5 Å². The normalized spacial score (nSPS) is 17.4. The van der Waals surface area contributed by atoms with Crippen LogP contribution in [0.25, 0.3) is 0 Å². The number of hydrogen-bond donors (Lipinski definition) is 1. The second-order valence-electron chi connectivity index (χ2n) is 5.63. The average Bonchev–Trinajstić information content (AvgIpc) is 2.98. The molecule has 1 amide bonds. The zero-order chi connectivity index (χ0) is 16.2. The lowest BCUT2D eigenvalue weighted by Crippen LogP contribution is -2.51. The molecule has 3 rings (SSSR count). The second kappa shape index (κ2) is 8.50. The number of benzene rings is 1. The van der Waals surface area contributed by atoms with E-state index in [2.05, 4.69) is 22.4 Å². The highest BCUT2D eigenvalue weighted by molar-refractivity contribution is 7.98.